The number of hydrogen-bond acceptors (Lipinski definition) is 3. The predicted octanol–water partition coefficient (Wildman–Crippen LogP) is 2.78. The number of likely N-dealkylation sites (tertiary alicyclic amines) is 1. The number of aromatic nitrogens is 2. The van der Waals surface area contributed by atoms with Gasteiger partial charge in [-0.05, 0) is 24.7 Å². The molecule has 0 spiro atoms. The van der Waals surface area contributed by atoms with Crippen LogP contribution in [-0.2, 0) is 0 Å². The van der Waals surface area contributed by atoms with Gasteiger partial charge in [0.2, 0.25) is 0 Å². The Morgan fingerprint density at radius 1 is 1.28 bits per heavy atom. The van der Waals surface area contributed by atoms with Gasteiger partial charge in [-0.25, -0.2) is 9.97 Å². The lowest BCUT2D eigenvalue weighted by Gasteiger charge is -2.23. The molecule has 1 aromatic heterocycles. The van der Waals surface area contributed by atoms with Crippen LogP contribution in [0, 0.1) is 5.41 Å². The molecule has 0 atom stereocenters. The Bertz CT molecular complexity index is 430. The molecule has 1 fully saturated rings. The molecule has 0 radical (unpaired) electrons. The fraction of sp³-hybridized carbons (Fsp3) is 0.615. The topological polar surface area (TPSA) is 46.1 Å². The van der Waals surface area contributed by atoms with Crippen molar-refractivity contribution in [2.45, 2.75) is 33.1 Å². The van der Waals surface area contributed by atoms with Crippen LogP contribution in [0.25, 0.3) is 0 Å². The number of rotatable bonds is 1. The maximum atomic E-state index is 12.3. The molecular formula is C13H18ClN3O. The zero-order valence-corrected chi connectivity index (χ0v) is 11.6. The Kier molecular flexibility index (Phi) is 3.85. The summed E-state index contributed by atoms with van der Waals surface area (Å²) in [6, 6.07) is 0. The van der Waals surface area contributed by atoms with E-state index >= 15 is 0 Å². The minimum absolute atomic E-state index is 0.0446. The zero-order valence-electron chi connectivity index (χ0n) is 10.8. The lowest BCUT2D eigenvalue weighted by molar-refractivity contribution is 0.0751. The van der Waals surface area contributed by atoms with Crippen molar-refractivity contribution < 1.29 is 4.79 Å². The molecule has 0 bridgehead atoms. The largest absolute Gasteiger partial charge is 0.337 e. The van der Waals surface area contributed by atoms with Crippen molar-refractivity contribution in [2.24, 2.45) is 5.41 Å². The summed E-state index contributed by atoms with van der Waals surface area (Å²) in [6.07, 6.45) is 6.08. The quantitative estimate of drug-likeness (QED) is 0.786. The summed E-state index contributed by atoms with van der Waals surface area (Å²) < 4.78 is 0. The summed E-state index contributed by atoms with van der Waals surface area (Å²) in [6.45, 7) is 6.09. The van der Waals surface area contributed by atoms with E-state index in [-0.39, 0.29) is 5.91 Å². The average Bonchev–Trinajstić information content (AvgIpc) is 2.50. The van der Waals surface area contributed by atoms with Gasteiger partial charge in [0.1, 0.15) is 10.8 Å². The first-order valence-corrected chi connectivity index (χ1v) is 6.63. The molecule has 0 saturated carbocycles. The molecule has 1 aliphatic rings. The van der Waals surface area contributed by atoms with Crippen molar-refractivity contribution in [3.8, 4) is 0 Å². The molecule has 1 aromatic rings. The number of carbonyl (C=O) groups excluding carboxylic acids is 1. The minimum Gasteiger partial charge on any atom is -0.337 e. The van der Waals surface area contributed by atoms with E-state index < -0.39 is 0 Å². The van der Waals surface area contributed by atoms with Gasteiger partial charge < -0.3 is 4.90 Å². The summed E-state index contributed by atoms with van der Waals surface area (Å²) in [7, 11) is 0. The second-order valence-electron chi connectivity index (χ2n) is 5.53. The Morgan fingerprint density at radius 2 is 2.06 bits per heavy atom. The number of carbonyl (C=O) groups is 1. The molecule has 0 aliphatic carbocycles. The van der Waals surface area contributed by atoms with Gasteiger partial charge >= 0.3 is 0 Å². The molecule has 1 amide bonds. The predicted molar refractivity (Wildman–Crippen MR) is 70.6 cm³/mol. The lowest BCUT2D eigenvalue weighted by Crippen LogP contribution is -2.33. The molecule has 98 valence electrons. The van der Waals surface area contributed by atoms with E-state index in [0.29, 0.717) is 16.3 Å². The molecule has 4 nitrogen and oxygen atoms in total. The third-order valence-corrected chi connectivity index (χ3v) is 3.66. The molecule has 5 heteroatoms. The highest BCUT2D eigenvalue weighted by molar-refractivity contribution is 6.29. The van der Waals surface area contributed by atoms with Crippen LogP contribution in [0.15, 0.2) is 12.4 Å². The van der Waals surface area contributed by atoms with Crippen molar-refractivity contribution in [2.75, 3.05) is 13.1 Å². The summed E-state index contributed by atoms with van der Waals surface area (Å²) in [5.41, 5.74) is 0.694. The van der Waals surface area contributed by atoms with Crippen LogP contribution in [0.4, 0.5) is 0 Å². The Labute approximate surface area is 112 Å². The normalized spacial score (nSPS) is 19.4. The van der Waals surface area contributed by atoms with Crippen LogP contribution >= 0.6 is 11.6 Å². The van der Waals surface area contributed by atoms with Gasteiger partial charge in [-0.1, -0.05) is 25.4 Å². The summed E-state index contributed by atoms with van der Waals surface area (Å²) in [4.78, 5) is 22.1. The second-order valence-corrected chi connectivity index (χ2v) is 5.92. The van der Waals surface area contributed by atoms with Gasteiger partial charge in [-0.2, -0.15) is 0 Å². The van der Waals surface area contributed by atoms with E-state index in [1.807, 2.05) is 4.90 Å². The highest BCUT2D eigenvalue weighted by Gasteiger charge is 2.26. The molecule has 18 heavy (non-hydrogen) atoms. The van der Waals surface area contributed by atoms with Crippen molar-refractivity contribution in [3.63, 3.8) is 0 Å². The summed E-state index contributed by atoms with van der Waals surface area (Å²) >= 11 is 5.67. The fourth-order valence-corrected chi connectivity index (χ4v) is 2.31. The van der Waals surface area contributed by atoms with Crippen molar-refractivity contribution in [3.05, 3.63) is 23.2 Å². The molecule has 2 rings (SSSR count). The number of hydrogen-bond donors (Lipinski definition) is 0. The highest BCUT2D eigenvalue weighted by Crippen LogP contribution is 2.30. The molecule has 1 saturated heterocycles. The highest BCUT2D eigenvalue weighted by atomic mass is 35.5. The third-order valence-electron chi connectivity index (χ3n) is 3.47. The average molecular weight is 268 g/mol. The molecule has 0 N–H and O–H groups in total. The van der Waals surface area contributed by atoms with Gasteiger partial charge in [0.15, 0.2) is 0 Å². The van der Waals surface area contributed by atoms with E-state index in [0.717, 1.165) is 32.4 Å². The van der Waals surface area contributed by atoms with Crippen molar-refractivity contribution >= 4 is 17.5 Å². The molecular weight excluding hydrogens is 250 g/mol. The number of halogens is 1. The van der Waals surface area contributed by atoms with Crippen LogP contribution in [0.1, 0.15) is 43.6 Å². The first-order chi connectivity index (χ1) is 8.48. The second kappa shape index (κ2) is 5.22. The van der Waals surface area contributed by atoms with E-state index in [1.54, 1.807) is 0 Å². The zero-order chi connectivity index (χ0) is 13.2. The van der Waals surface area contributed by atoms with Crippen molar-refractivity contribution in [1.82, 2.24) is 14.9 Å². The van der Waals surface area contributed by atoms with Crippen molar-refractivity contribution in [1.29, 1.82) is 0 Å². The van der Waals surface area contributed by atoms with Gasteiger partial charge in [0.25, 0.3) is 5.91 Å². The molecule has 0 aromatic carbocycles. The first kappa shape index (κ1) is 13.3. The fourth-order valence-electron chi connectivity index (χ4n) is 2.21. The minimum atomic E-state index is -0.0446. The first-order valence-electron chi connectivity index (χ1n) is 6.25. The maximum Gasteiger partial charge on any atom is 0.274 e. The third kappa shape index (κ3) is 3.19. The van der Waals surface area contributed by atoms with Gasteiger partial charge in [0.05, 0.1) is 12.4 Å². The van der Waals surface area contributed by atoms with E-state index in [2.05, 4.69) is 23.8 Å². The standard InChI is InChI=1S/C13H18ClN3O/c1-13(2)4-3-6-17(7-5-13)12(18)10-8-16-11(14)9-15-10/h8-9H,3-7H2,1-2H3. The van der Waals surface area contributed by atoms with Gasteiger partial charge in [-0.3, -0.25) is 4.79 Å². The Balaban J connectivity index is 2.07. The lowest BCUT2D eigenvalue weighted by atomic mass is 9.85. The van der Waals surface area contributed by atoms with Crippen LogP contribution in [-0.4, -0.2) is 33.9 Å². The van der Waals surface area contributed by atoms with E-state index in [9.17, 15) is 4.79 Å². The van der Waals surface area contributed by atoms with Crippen LogP contribution < -0.4 is 0 Å². The van der Waals surface area contributed by atoms with Crippen LogP contribution in [0.5, 0.6) is 0 Å². The monoisotopic (exact) mass is 267 g/mol. The Morgan fingerprint density at radius 3 is 2.72 bits per heavy atom. The van der Waals surface area contributed by atoms with E-state index in [1.165, 1.54) is 12.4 Å². The molecule has 0 unspecified atom stereocenters. The summed E-state index contributed by atoms with van der Waals surface area (Å²) in [5, 5.41) is 0.309. The van der Waals surface area contributed by atoms with Gasteiger partial charge in [0, 0.05) is 13.1 Å². The van der Waals surface area contributed by atoms with E-state index in [4.69, 9.17) is 11.6 Å². The molecule has 2 heterocycles. The smallest absolute Gasteiger partial charge is 0.274 e. The van der Waals surface area contributed by atoms with Crippen LogP contribution in [0.2, 0.25) is 5.15 Å². The molecule has 1 aliphatic heterocycles. The number of nitrogens with zero attached hydrogens (tertiary/aromatic N) is 3. The van der Waals surface area contributed by atoms with Gasteiger partial charge in [-0.15, -0.1) is 0 Å². The SMILES string of the molecule is CC1(C)CCCN(C(=O)c2cnc(Cl)cn2)CC1. The van der Waals surface area contributed by atoms with Crippen LogP contribution in [0.3, 0.4) is 0 Å². The Hall–Kier alpha value is -1.16. The number of amides is 1. The summed E-state index contributed by atoms with van der Waals surface area (Å²) in [5.74, 6) is -0.0446. The maximum absolute atomic E-state index is 12.3.